The van der Waals surface area contributed by atoms with Gasteiger partial charge in [-0.3, -0.25) is 0 Å². The maximum absolute atomic E-state index is 11.4. The van der Waals surface area contributed by atoms with Crippen LogP contribution in [0.25, 0.3) is 0 Å². The molecular formula is C9H12BNO3. The molecule has 5 heteroatoms. The fourth-order valence-corrected chi connectivity index (χ4v) is 0.930. The molecule has 1 aromatic rings. The zero-order chi connectivity index (χ0) is 9.14. The molecule has 0 bridgehead atoms. The van der Waals surface area contributed by atoms with E-state index in [0.717, 1.165) is 0 Å². The Morgan fingerprint density at radius 3 is 2.29 bits per heavy atom. The molecule has 0 aliphatic rings. The van der Waals surface area contributed by atoms with Gasteiger partial charge in [-0.15, -0.1) is 0 Å². The number of carbonyl (C=O) groups is 1. The second-order valence-corrected chi connectivity index (χ2v) is 2.83. The summed E-state index contributed by atoms with van der Waals surface area (Å²) in [6.07, 6.45) is 0. The molecule has 0 spiro atoms. The summed E-state index contributed by atoms with van der Waals surface area (Å²) in [7, 11) is 8.95. The molecule has 4 nitrogen and oxygen atoms in total. The van der Waals surface area contributed by atoms with Crippen LogP contribution in [0.1, 0.15) is 10.4 Å². The Bertz CT molecular complexity index is 302. The Kier molecular flexibility index (Phi) is 6.69. The summed E-state index contributed by atoms with van der Waals surface area (Å²) in [5.74, 6) is -0.0256. The molecule has 1 amide bonds. The molecule has 0 fully saturated rings. The predicted molar refractivity (Wildman–Crippen MR) is 53.7 cm³/mol. The van der Waals surface area contributed by atoms with Gasteiger partial charge in [0.2, 0.25) is 0 Å². The van der Waals surface area contributed by atoms with E-state index in [9.17, 15) is 4.79 Å². The van der Waals surface area contributed by atoms with Crippen LogP contribution >= 0.6 is 0 Å². The SMILES string of the molecule is [B+2]c1cccc(C(=O)N(C)C)c1.[OH-].[OH-]. The van der Waals surface area contributed by atoms with E-state index in [1.54, 1.807) is 38.4 Å². The minimum Gasteiger partial charge on any atom is -0.870 e. The number of hydrogen-bond donors (Lipinski definition) is 0. The largest absolute Gasteiger partial charge is 0.870 e. The monoisotopic (exact) mass is 193 g/mol. The summed E-state index contributed by atoms with van der Waals surface area (Å²) in [6, 6.07) is 6.94. The van der Waals surface area contributed by atoms with Crippen LogP contribution in [-0.2, 0) is 0 Å². The number of rotatable bonds is 1. The van der Waals surface area contributed by atoms with E-state index in [2.05, 4.69) is 0 Å². The third kappa shape index (κ3) is 3.59. The van der Waals surface area contributed by atoms with Crippen molar-refractivity contribution in [1.82, 2.24) is 4.90 Å². The van der Waals surface area contributed by atoms with Crippen molar-refractivity contribution in [2.24, 2.45) is 0 Å². The third-order valence-electron chi connectivity index (χ3n) is 1.54. The molecule has 0 aliphatic heterocycles. The summed E-state index contributed by atoms with van der Waals surface area (Å²) in [5.41, 5.74) is 1.24. The minimum absolute atomic E-state index is 0. The number of benzene rings is 1. The van der Waals surface area contributed by atoms with E-state index in [1.165, 1.54) is 4.90 Å². The van der Waals surface area contributed by atoms with Crippen LogP contribution in [0.5, 0.6) is 0 Å². The first-order valence-electron chi connectivity index (χ1n) is 3.68. The van der Waals surface area contributed by atoms with Gasteiger partial charge in [-0.2, -0.15) is 0 Å². The van der Waals surface area contributed by atoms with Crippen LogP contribution in [-0.4, -0.2) is 43.7 Å². The summed E-state index contributed by atoms with van der Waals surface area (Å²) >= 11 is 0. The van der Waals surface area contributed by atoms with E-state index in [1.807, 2.05) is 0 Å². The molecule has 2 N–H and O–H groups in total. The minimum atomic E-state index is -0.0256. The quantitative estimate of drug-likeness (QED) is 0.580. The first-order chi connectivity index (χ1) is 5.61. The zero-order valence-corrected chi connectivity index (χ0v) is 8.14. The summed E-state index contributed by atoms with van der Waals surface area (Å²) < 4.78 is 0. The van der Waals surface area contributed by atoms with Crippen molar-refractivity contribution in [2.75, 3.05) is 14.1 Å². The van der Waals surface area contributed by atoms with Gasteiger partial charge in [0.15, 0.2) is 0 Å². The van der Waals surface area contributed by atoms with E-state index in [-0.39, 0.29) is 16.9 Å². The fraction of sp³-hybridized carbons (Fsp3) is 0.222. The molecule has 0 aliphatic carbocycles. The van der Waals surface area contributed by atoms with Crippen molar-refractivity contribution in [3.8, 4) is 0 Å². The van der Waals surface area contributed by atoms with Crippen molar-refractivity contribution in [2.45, 2.75) is 0 Å². The maximum Gasteiger partial charge on any atom is -0.870 e. The van der Waals surface area contributed by atoms with Gasteiger partial charge in [0.1, 0.15) is 0 Å². The standard InChI is InChI=1S/C9H10BNO.2H2O/c1-11(2)9(12)7-4-3-5-8(10)6-7;;/h3-6H,1-2H3;2*1H2/q+2;;/p-2. The van der Waals surface area contributed by atoms with Crippen molar-refractivity contribution in [3.05, 3.63) is 29.8 Å². The second-order valence-electron chi connectivity index (χ2n) is 2.83. The molecular weight excluding hydrogens is 181 g/mol. The molecule has 1 rings (SSSR count). The number of amides is 1. The van der Waals surface area contributed by atoms with Gasteiger partial charge in [-0.25, -0.2) is 0 Å². The molecule has 14 heavy (non-hydrogen) atoms. The van der Waals surface area contributed by atoms with E-state index >= 15 is 0 Å². The Labute approximate surface area is 84.6 Å². The van der Waals surface area contributed by atoms with Gasteiger partial charge in [-0.1, -0.05) is 0 Å². The average Bonchev–Trinajstić information content (AvgIpc) is 2.03. The molecule has 1 aromatic carbocycles. The molecule has 74 valence electrons. The molecule has 0 aromatic heterocycles. The molecule has 0 unspecified atom stereocenters. The number of carbonyl (C=O) groups excluding carboxylic acids is 1. The Morgan fingerprint density at radius 2 is 1.86 bits per heavy atom. The summed E-state index contributed by atoms with van der Waals surface area (Å²) in [4.78, 5) is 12.9. The topological polar surface area (TPSA) is 80.3 Å². The van der Waals surface area contributed by atoms with Crippen molar-refractivity contribution in [3.63, 3.8) is 0 Å². The van der Waals surface area contributed by atoms with Crippen LogP contribution in [0.3, 0.4) is 0 Å². The van der Waals surface area contributed by atoms with Crippen molar-refractivity contribution in [1.29, 1.82) is 0 Å². The van der Waals surface area contributed by atoms with Crippen LogP contribution < -0.4 is 5.46 Å². The fourth-order valence-electron chi connectivity index (χ4n) is 0.930. The summed E-state index contributed by atoms with van der Waals surface area (Å²) in [5, 5.41) is 0. The van der Waals surface area contributed by atoms with Crippen molar-refractivity contribution >= 4 is 19.2 Å². The van der Waals surface area contributed by atoms with Crippen LogP contribution in [0.2, 0.25) is 0 Å². The van der Waals surface area contributed by atoms with Crippen LogP contribution in [0, 0.1) is 0 Å². The molecule has 0 atom stereocenters. The predicted octanol–water partition coefficient (Wildman–Crippen LogP) is -0.171. The first-order valence-corrected chi connectivity index (χ1v) is 3.68. The second kappa shape index (κ2) is 6.18. The molecule has 0 saturated heterocycles. The van der Waals surface area contributed by atoms with Gasteiger partial charge >= 0.3 is 72.8 Å². The number of hydrogen-bond acceptors (Lipinski definition) is 3. The molecule has 0 saturated carbocycles. The zero-order valence-electron chi connectivity index (χ0n) is 8.14. The average molecular weight is 193 g/mol. The number of nitrogens with zero attached hydrogens (tertiary/aromatic N) is 1. The van der Waals surface area contributed by atoms with Gasteiger partial charge in [0.05, 0.1) is 0 Å². The van der Waals surface area contributed by atoms with Gasteiger partial charge in [-0.05, 0) is 0 Å². The van der Waals surface area contributed by atoms with Gasteiger partial charge in [0, 0.05) is 0 Å². The summed E-state index contributed by atoms with van der Waals surface area (Å²) in [6.45, 7) is 0. The normalized spacial score (nSPS) is 8.29. The van der Waals surface area contributed by atoms with E-state index < -0.39 is 0 Å². The Morgan fingerprint density at radius 1 is 1.29 bits per heavy atom. The van der Waals surface area contributed by atoms with Crippen LogP contribution in [0.4, 0.5) is 0 Å². The first kappa shape index (κ1) is 15.2. The van der Waals surface area contributed by atoms with E-state index in [4.69, 9.17) is 7.85 Å². The van der Waals surface area contributed by atoms with Gasteiger partial charge < -0.3 is 11.0 Å². The van der Waals surface area contributed by atoms with E-state index in [0.29, 0.717) is 11.0 Å². The molecule has 0 radical (unpaired) electrons. The van der Waals surface area contributed by atoms with Crippen molar-refractivity contribution < 1.29 is 15.7 Å². The van der Waals surface area contributed by atoms with Gasteiger partial charge in [0.25, 0.3) is 0 Å². The maximum atomic E-state index is 11.4. The van der Waals surface area contributed by atoms with Crippen LogP contribution in [0.15, 0.2) is 24.3 Å². The molecule has 0 heterocycles. The Hall–Kier alpha value is -1.33. The Balaban J connectivity index is 0. The third-order valence-corrected chi connectivity index (χ3v) is 1.54. The smallest absolute Gasteiger partial charge is 0.870 e.